The number of aromatic nitrogens is 1. The fraction of sp³-hybridized carbons (Fsp3) is 0.600. The molecule has 1 N–H and O–H groups in total. The molecule has 2 saturated heterocycles. The first-order valence-electron chi connectivity index (χ1n) is 11.9. The molecule has 0 radical (unpaired) electrons. The third kappa shape index (κ3) is 3.98. The van der Waals surface area contributed by atoms with Crippen molar-refractivity contribution in [3.05, 3.63) is 36.0 Å². The van der Waals surface area contributed by atoms with Crippen LogP contribution >= 0.6 is 0 Å². The number of nitrogens with zero attached hydrogens (tertiary/aromatic N) is 2. The zero-order valence-corrected chi connectivity index (χ0v) is 18.3. The molecule has 6 heteroatoms. The summed E-state index contributed by atoms with van der Waals surface area (Å²) >= 11 is 0. The molecule has 1 saturated carbocycles. The van der Waals surface area contributed by atoms with Crippen LogP contribution < -0.4 is 0 Å². The summed E-state index contributed by atoms with van der Waals surface area (Å²) in [6.07, 6.45) is 9.50. The Morgan fingerprint density at radius 1 is 1.06 bits per heavy atom. The molecular weight excluding hydrogens is 390 g/mol. The van der Waals surface area contributed by atoms with Crippen LogP contribution in [0.2, 0.25) is 0 Å². The molecule has 2 aromatic rings. The van der Waals surface area contributed by atoms with Gasteiger partial charge in [-0.15, -0.1) is 0 Å². The van der Waals surface area contributed by atoms with Crippen LogP contribution in [-0.2, 0) is 9.53 Å². The minimum absolute atomic E-state index is 0.136. The molecule has 5 rings (SSSR count). The molecule has 6 nitrogen and oxygen atoms in total. The second kappa shape index (κ2) is 8.65. The van der Waals surface area contributed by atoms with Crippen molar-refractivity contribution in [3.8, 4) is 0 Å². The van der Waals surface area contributed by atoms with Gasteiger partial charge in [-0.25, -0.2) is 0 Å². The average Bonchev–Trinajstić information content (AvgIpc) is 3.43. The Kier molecular flexibility index (Phi) is 5.74. The lowest BCUT2D eigenvalue weighted by molar-refractivity contribution is -0.135. The summed E-state index contributed by atoms with van der Waals surface area (Å²) in [5.41, 5.74) is 1.98. The zero-order chi connectivity index (χ0) is 21.3. The number of carbonyl (C=O) groups is 2. The summed E-state index contributed by atoms with van der Waals surface area (Å²) in [5, 5.41) is 0.996. The van der Waals surface area contributed by atoms with Crippen molar-refractivity contribution >= 4 is 22.7 Å². The SMILES string of the molecule is O=C(CCC1CN(C(=O)c2cccc3[nH]ccc23)CC12CCCCC2)N1CCOCC1. The number of hydrogen-bond acceptors (Lipinski definition) is 3. The summed E-state index contributed by atoms with van der Waals surface area (Å²) in [4.78, 5) is 33.5. The highest BCUT2D eigenvalue weighted by Gasteiger charge is 2.48. The second-order valence-corrected chi connectivity index (χ2v) is 9.58. The van der Waals surface area contributed by atoms with E-state index in [1.54, 1.807) is 0 Å². The summed E-state index contributed by atoms with van der Waals surface area (Å²) in [7, 11) is 0. The van der Waals surface area contributed by atoms with Crippen LogP contribution in [-0.4, -0.2) is 66.0 Å². The van der Waals surface area contributed by atoms with E-state index in [9.17, 15) is 9.59 Å². The molecule has 2 amide bonds. The van der Waals surface area contributed by atoms with E-state index in [2.05, 4.69) is 9.88 Å². The van der Waals surface area contributed by atoms with Crippen molar-refractivity contribution in [2.24, 2.45) is 11.3 Å². The second-order valence-electron chi connectivity index (χ2n) is 9.58. The molecule has 3 aliphatic rings. The maximum atomic E-state index is 13.5. The van der Waals surface area contributed by atoms with E-state index in [0.717, 1.165) is 36.0 Å². The van der Waals surface area contributed by atoms with Crippen LogP contribution in [0.25, 0.3) is 10.9 Å². The molecule has 0 bridgehead atoms. The van der Waals surface area contributed by atoms with Crippen LogP contribution in [0, 0.1) is 11.3 Å². The molecule has 1 spiro atoms. The number of amides is 2. The highest BCUT2D eigenvalue weighted by atomic mass is 16.5. The van der Waals surface area contributed by atoms with Crippen LogP contribution in [0.4, 0.5) is 0 Å². The number of ether oxygens (including phenoxy) is 1. The highest BCUT2D eigenvalue weighted by molar-refractivity contribution is 6.06. The molecule has 2 aliphatic heterocycles. The fourth-order valence-electron chi connectivity index (χ4n) is 6.12. The van der Waals surface area contributed by atoms with Gasteiger partial charge in [0.25, 0.3) is 5.91 Å². The van der Waals surface area contributed by atoms with Crippen molar-refractivity contribution in [2.45, 2.75) is 44.9 Å². The Balaban J connectivity index is 1.32. The molecule has 1 unspecified atom stereocenters. The number of likely N-dealkylation sites (tertiary alicyclic amines) is 1. The van der Waals surface area contributed by atoms with Gasteiger partial charge < -0.3 is 19.5 Å². The van der Waals surface area contributed by atoms with Gasteiger partial charge in [0, 0.05) is 55.3 Å². The van der Waals surface area contributed by atoms with Crippen LogP contribution in [0.1, 0.15) is 55.3 Å². The number of rotatable bonds is 4. The normalized spacial score (nSPS) is 23.5. The number of fused-ring (bicyclic) bond motifs is 1. The topological polar surface area (TPSA) is 65.6 Å². The van der Waals surface area contributed by atoms with Crippen molar-refractivity contribution < 1.29 is 14.3 Å². The smallest absolute Gasteiger partial charge is 0.254 e. The van der Waals surface area contributed by atoms with E-state index in [1.807, 2.05) is 35.4 Å². The number of aromatic amines is 1. The van der Waals surface area contributed by atoms with Gasteiger partial charge in [-0.1, -0.05) is 25.3 Å². The number of H-pyrrole nitrogens is 1. The predicted octanol–water partition coefficient (Wildman–Crippen LogP) is 3.83. The monoisotopic (exact) mass is 423 g/mol. The Hall–Kier alpha value is -2.34. The van der Waals surface area contributed by atoms with Crippen molar-refractivity contribution in [1.82, 2.24) is 14.8 Å². The first-order valence-corrected chi connectivity index (χ1v) is 11.9. The molecule has 31 heavy (non-hydrogen) atoms. The van der Waals surface area contributed by atoms with Gasteiger partial charge in [0.2, 0.25) is 5.91 Å². The van der Waals surface area contributed by atoms with Crippen LogP contribution in [0.15, 0.2) is 30.5 Å². The van der Waals surface area contributed by atoms with E-state index in [-0.39, 0.29) is 17.2 Å². The average molecular weight is 424 g/mol. The fourth-order valence-corrected chi connectivity index (χ4v) is 6.12. The number of nitrogens with one attached hydrogen (secondary N) is 1. The lowest BCUT2D eigenvalue weighted by Gasteiger charge is -2.38. The number of hydrogen-bond donors (Lipinski definition) is 1. The van der Waals surface area contributed by atoms with Gasteiger partial charge in [0.1, 0.15) is 0 Å². The third-order valence-corrected chi connectivity index (χ3v) is 7.84. The Morgan fingerprint density at radius 2 is 1.87 bits per heavy atom. The molecule has 1 aliphatic carbocycles. The van der Waals surface area contributed by atoms with Gasteiger partial charge in [-0.2, -0.15) is 0 Å². The van der Waals surface area contributed by atoms with E-state index < -0.39 is 0 Å². The molecular formula is C25H33N3O3. The Labute approximate surface area is 183 Å². The summed E-state index contributed by atoms with van der Waals surface area (Å²) < 4.78 is 5.38. The zero-order valence-electron chi connectivity index (χ0n) is 18.3. The number of benzene rings is 1. The van der Waals surface area contributed by atoms with Gasteiger partial charge in [0.05, 0.1) is 13.2 Å². The molecule has 166 valence electrons. The maximum absolute atomic E-state index is 13.5. The predicted molar refractivity (Wildman–Crippen MR) is 120 cm³/mol. The summed E-state index contributed by atoms with van der Waals surface area (Å²) in [5.74, 6) is 0.792. The molecule has 3 fully saturated rings. The largest absolute Gasteiger partial charge is 0.378 e. The standard InChI is InChI=1S/C25H33N3O3/c29-23(27-13-15-31-16-14-27)8-7-19-17-28(18-25(19)10-2-1-3-11-25)24(30)21-5-4-6-22-20(21)9-12-26-22/h4-6,9,12,19,26H,1-3,7-8,10-11,13-18H2. The minimum Gasteiger partial charge on any atom is -0.378 e. The molecule has 3 heterocycles. The van der Waals surface area contributed by atoms with Crippen molar-refractivity contribution in [2.75, 3.05) is 39.4 Å². The van der Waals surface area contributed by atoms with Crippen molar-refractivity contribution in [1.29, 1.82) is 0 Å². The summed E-state index contributed by atoms with van der Waals surface area (Å²) in [6, 6.07) is 7.91. The molecule has 1 aromatic heterocycles. The minimum atomic E-state index is 0.136. The molecule has 1 aromatic carbocycles. The van der Waals surface area contributed by atoms with Crippen LogP contribution in [0.3, 0.4) is 0 Å². The van der Waals surface area contributed by atoms with E-state index in [1.165, 1.54) is 32.1 Å². The number of morpholine rings is 1. The van der Waals surface area contributed by atoms with Gasteiger partial charge >= 0.3 is 0 Å². The Bertz CT molecular complexity index is 940. The first kappa shape index (κ1) is 20.6. The Morgan fingerprint density at radius 3 is 2.68 bits per heavy atom. The van der Waals surface area contributed by atoms with E-state index >= 15 is 0 Å². The van der Waals surface area contributed by atoms with E-state index in [4.69, 9.17) is 4.74 Å². The van der Waals surface area contributed by atoms with Crippen LogP contribution in [0.5, 0.6) is 0 Å². The summed E-state index contributed by atoms with van der Waals surface area (Å²) in [6.45, 7) is 4.32. The number of carbonyl (C=O) groups excluding carboxylic acids is 2. The lowest BCUT2D eigenvalue weighted by atomic mass is 9.66. The van der Waals surface area contributed by atoms with Crippen molar-refractivity contribution in [3.63, 3.8) is 0 Å². The lowest BCUT2D eigenvalue weighted by Crippen LogP contribution is -2.41. The van der Waals surface area contributed by atoms with Gasteiger partial charge in [0.15, 0.2) is 0 Å². The van der Waals surface area contributed by atoms with E-state index in [0.29, 0.717) is 38.6 Å². The quantitative estimate of drug-likeness (QED) is 0.813. The maximum Gasteiger partial charge on any atom is 0.254 e. The first-order chi connectivity index (χ1) is 15.2. The van der Waals surface area contributed by atoms with Gasteiger partial charge in [-0.05, 0) is 48.8 Å². The van der Waals surface area contributed by atoms with Gasteiger partial charge in [-0.3, -0.25) is 9.59 Å². The molecule has 1 atom stereocenters. The highest BCUT2D eigenvalue weighted by Crippen LogP contribution is 2.49. The third-order valence-electron chi connectivity index (χ3n) is 7.84.